The third-order valence-corrected chi connectivity index (χ3v) is 13.6. The van der Waals surface area contributed by atoms with Gasteiger partial charge in [0.05, 0.1) is 28.4 Å². The van der Waals surface area contributed by atoms with Crippen molar-refractivity contribution in [2.75, 3.05) is 0 Å². The molecule has 0 atom stereocenters. The second-order valence-corrected chi connectivity index (χ2v) is 17.1. The molecule has 7 aromatic carbocycles. The van der Waals surface area contributed by atoms with Gasteiger partial charge in [0.1, 0.15) is 5.82 Å². The lowest BCUT2D eigenvalue weighted by Gasteiger charge is -2.21. The van der Waals surface area contributed by atoms with E-state index in [1.54, 1.807) is 0 Å². The number of hydrogen-bond donors (Lipinski definition) is 1. The van der Waals surface area contributed by atoms with E-state index in [1.807, 2.05) is 24.7 Å². The van der Waals surface area contributed by atoms with E-state index in [2.05, 4.69) is 195 Å². The molecule has 63 heavy (non-hydrogen) atoms. The van der Waals surface area contributed by atoms with Crippen molar-refractivity contribution in [3.63, 3.8) is 0 Å². The first kappa shape index (κ1) is 35.8. The van der Waals surface area contributed by atoms with E-state index in [-0.39, 0.29) is 0 Å². The minimum absolute atomic E-state index is 0.974. The Morgan fingerprint density at radius 1 is 0.429 bits per heavy atom. The highest BCUT2D eigenvalue weighted by Crippen LogP contribution is 2.46. The van der Waals surface area contributed by atoms with E-state index in [4.69, 9.17) is 0 Å². The Morgan fingerprint density at radius 3 is 1.65 bits per heavy atom. The van der Waals surface area contributed by atoms with Crippen molar-refractivity contribution in [1.29, 1.82) is 0 Å². The average molecular weight is 807 g/mol. The van der Waals surface area contributed by atoms with Crippen LogP contribution >= 0.6 is 0 Å². The van der Waals surface area contributed by atoms with Crippen molar-refractivity contribution in [3.8, 4) is 56.0 Å². The largest absolute Gasteiger partial charge is 0.348 e. The predicted molar refractivity (Wildman–Crippen MR) is 262 cm³/mol. The van der Waals surface area contributed by atoms with Crippen molar-refractivity contribution >= 4 is 44.4 Å². The fourth-order valence-electron chi connectivity index (χ4n) is 10.6. The van der Waals surface area contributed by atoms with Crippen molar-refractivity contribution in [2.24, 2.45) is 0 Å². The summed E-state index contributed by atoms with van der Waals surface area (Å²) in [5.74, 6) is 1.11. The second kappa shape index (κ2) is 14.3. The molecule has 2 aliphatic rings. The molecule has 4 aromatic heterocycles. The first-order chi connectivity index (χ1) is 31.2. The molecular weight excluding hydrogens is 765 g/mol. The molecule has 13 rings (SSSR count). The predicted octanol–water partition coefficient (Wildman–Crippen LogP) is 14.7. The number of nitrogens with one attached hydrogen (secondary N) is 1. The Morgan fingerprint density at radius 2 is 1.02 bits per heavy atom. The first-order valence-corrected chi connectivity index (χ1v) is 22.1. The Bertz CT molecular complexity index is 3550. The van der Waals surface area contributed by atoms with Crippen LogP contribution in [-0.2, 0) is 19.3 Å². The molecule has 11 aromatic rings. The molecule has 0 radical (unpaired) electrons. The van der Waals surface area contributed by atoms with E-state index < -0.39 is 0 Å². The first-order valence-electron chi connectivity index (χ1n) is 22.1. The van der Waals surface area contributed by atoms with E-state index in [9.17, 15) is 0 Å². The normalized spacial score (nSPS) is 13.2. The number of nitrogens with zero attached hydrogens (tertiary/aromatic N) is 3. The van der Waals surface area contributed by atoms with E-state index in [0.717, 1.165) is 37.2 Å². The molecule has 4 heteroatoms. The fraction of sp³-hybridized carbons (Fsp3) is 0.0678. The van der Waals surface area contributed by atoms with Gasteiger partial charge in [-0.3, -0.25) is 9.55 Å². The maximum Gasteiger partial charge on any atom is 0.114 e. The lowest BCUT2D eigenvalue weighted by atomic mass is 9.83. The summed E-state index contributed by atoms with van der Waals surface area (Å²) >= 11 is 0. The highest BCUT2D eigenvalue weighted by Gasteiger charge is 2.27. The number of benzene rings is 7. The van der Waals surface area contributed by atoms with Crippen molar-refractivity contribution in [3.05, 3.63) is 222 Å². The zero-order valence-electron chi connectivity index (χ0n) is 34.7. The molecular formula is C59H42N4. The summed E-state index contributed by atoms with van der Waals surface area (Å²) in [5, 5.41) is 3.86. The molecule has 4 heterocycles. The van der Waals surface area contributed by atoms with Crippen LogP contribution in [0.5, 0.6) is 0 Å². The number of H-pyrrole nitrogens is 1. The standard InChI is InChI=1S/C59H42N4/c1-3-9-38(10-4-1)40-15-19-42(20-16-40)44-25-27-55-51(31-44)53-33-46-23-24-47-34-54-52-32-45(43-21-17-41(18-22-43)39-11-5-2-6-12-39)26-28-56(52)63(59-14-8-30-61-59)58(54)36-50(47)49(46)35-57(53)62(55)48-13-7-29-60-37-48/h1-22,25,27,29-37,61H,23-24,26,28H2. The number of pyridine rings is 1. The van der Waals surface area contributed by atoms with E-state index >= 15 is 0 Å². The van der Waals surface area contributed by atoms with Crippen molar-refractivity contribution < 1.29 is 0 Å². The maximum atomic E-state index is 4.59. The van der Waals surface area contributed by atoms with Gasteiger partial charge in [-0.1, -0.05) is 115 Å². The summed E-state index contributed by atoms with van der Waals surface area (Å²) in [7, 11) is 0. The van der Waals surface area contributed by atoms with Crippen LogP contribution < -0.4 is 0 Å². The molecule has 0 unspecified atom stereocenters. The van der Waals surface area contributed by atoms with Gasteiger partial charge in [0.15, 0.2) is 0 Å². The number of rotatable bonds is 6. The van der Waals surface area contributed by atoms with Crippen LogP contribution in [0.4, 0.5) is 0 Å². The van der Waals surface area contributed by atoms with Crippen LogP contribution in [-0.4, -0.2) is 19.1 Å². The highest BCUT2D eigenvalue weighted by atomic mass is 15.1. The number of aromatic amines is 1. The summed E-state index contributed by atoms with van der Waals surface area (Å²) in [6, 6.07) is 64.8. The van der Waals surface area contributed by atoms with Crippen molar-refractivity contribution in [1.82, 2.24) is 19.1 Å². The zero-order valence-corrected chi connectivity index (χ0v) is 34.7. The molecule has 0 amide bonds. The lowest BCUT2D eigenvalue weighted by molar-refractivity contribution is 0.884. The minimum atomic E-state index is 0.974. The fourth-order valence-corrected chi connectivity index (χ4v) is 10.6. The van der Waals surface area contributed by atoms with Gasteiger partial charge >= 0.3 is 0 Å². The Balaban J connectivity index is 0.956. The molecule has 1 N–H and O–H groups in total. The molecule has 298 valence electrons. The lowest BCUT2D eigenvalue weighted by Crippen LogP contribution is -2.06. The topological polar surface area (TPSA) is 38.5 Å². The van der Waals surface area contributed by atoms with Crippen LogP contribution in [0.2, 0.25) is 0 Å². The van der Waals surface area contributed by atoms with Crippen LogP contribution in [0.3, 0.4) is 0 Å². The Labute approximate surface area is 366 Å². The van der Waals surface area contributed by atoms with Gasteiger partial charge in [0, 0.05) is 39.8 Å². The molecule has 2 aliphatic carbocycles. The van der Waals surface area contributed by atoms with Gasteiger partial charge in [0.25, 0.3) is 0 Å². The van der Waals surface area contributed by atoms with Gasteiger partial charge in [-0.05, 0) is 159 Å². The Kier molecular flexibility index (Phi) is 8.13. The molecule has 0 bridgehead atoms. The second-order valence-electron chi connectivity index (χ2n) is 17.1. The summed E-state index contributed by atoms with van der Waals surface area (Å²) in [4.78, 5) is 8.16. The summed E-state index contributed by atoms with van der Waals surface area (Å²) < 4.78 is 4.90. The molecule has 0 spiro atoms. The van der Waals surface area contributed by atoms with Gasteiger partial charge in [-0.15, -0.1) is 0 Å². The SMILES string of the molecule is C1=C(c2ccc(-c3ccccc3)cc2)CCc2c1c1cc3c(cc1n2-c1ccc[nH]1)-c1cc2c(cc1CC3)c1cc(-c3ccc(-c4ccccc4)cc3)ccc1n2-c1cccnc1. The van der Waals surface area contributed by atoms with E-state index in [0.29, 0.717) is 0 Å². The maximum absolute atomic E-state index is 4.59. The average Bonchev–Trinajstić information content (AvgIpc) is 4.08. The smallest absolute Gasteiger partial charge is 0.114 e. The third kappa shape index (κ3) is 5.86. The quantitative estimate of drug-likeness (QED) is 0.179. The molecule has 4 nitrogen and oxygen atoms in total. The van der Waals surface area contributed by atoms with Crippen LogP contribution in [0.25, 0.3) is 100 Å². The van der Waals surface area contributed by atoms with Crippen LogP contribution in [0, 0.1) is 0 Å². The number of aryl methyl sites for hydroxylation is 2. The number of fused-ring (bicyclic) bond motifs is 9. The van der Waals surface area contributed by atoms with Gasteiger partial charge in [-0.2, -0.15) is 0 Å². The molecule has 0 saturated carbocycles. The van der Waals surface area contributed by atoms with Crippen LogP contribution in [0.15, 0.2) is 195 Å². The monoisotopic (exact) mass is 806 g/mol. The molecule has 0 saturated heterocycles. The summed E-state index contributed by atoms with van der Waals surface area (Å²) in [6.07, 6.45) is 12.3. The summed E-state index contributed by atoms with van der Waals surface area (Å²) in [5.41, 5.74) is 23.0. The minimum Gasteiger partial charge on any atom is -0.348 e. The van der Waals surface area contributed by atoms with Crippen LogP contribution in [0.1, 0.15) is 34.4 Å². The number of hydrogen-bond acceptors (Lipinski definition) is 1. The molecule has 0 fully saturated rings. The zero-order chi connectivity index (χ0) is 41.4. The summed E-state index contributed by atoms with van der Waals surface area (Å²) in [6.45, 7) is 0. The third-order valence-electron chi connectivity index (χ3n) is 13.6. The number of aromatic nitrogens is 4. The molecule has 0 aliphatic heterocycles. The Hall–Kier alpha value is -7.95. The van der Waals surface area contributed by atoms with Crippen molar-refractivity contribution in [2.45, 2.75) is 25.7 Å². The highest BCUT2D eigenvalue weighted by molar-refractivity contribution is 6.12. The van der Waals surface area contributed by atoms with E-state index in [1.165, 1.54) is 111 Å². The van der Waals surface area contributed by atoms with Gasteiger partial charge in [-0.25, -0.2) is 0 Å². The van der Waals surface area contributed by atoms with Gasteiger partial charge < -0.3 is 9.55 Å². The van der Waals surface area contributed by atoms with Gasteiger partial charge in [0.2, 0.25) is 0 Å². The number of allylic oxidation sites excluding steroid dienone is 1.